The fraction of sp³-hybridized carbons (Fsp3) is 0.150. The smallest absolute Gasteiger partial charge is 0.269 e. The lowest BCUT2D eigenvalue weighted by molar-refractivity contribution is -0.384. The molecule has 2 aromatic carbocycles. The number of nitrogens with zero attached hydrogens (tertiary/aromatic N) is 2. The predicted octanol–water partition coefficient (Wildman–Crippen LogP) is 4.72. The van der Waals surface area contributed by atoms with Gasteiger partial charge in [0.25, 0.3) is 5.69 Å². The maximum atomic E-state index is 10.7. The average Bonchev–Trinajstić information content (AvgIpc) is 2.66. The molecule has 0 unspecified atom stereocenters. The Balaban J connectivity index is 1.95. The van der Waals surface area contributed by atoms with Crippen molar-refractivity contribution in [1.29, 1.82) is 0 Å². The van der Waals surface area contributed by atoms with Crippen LogP contribution in [0.1, 0.15) is 18.2 Å². The van der Waals surface area contributed by atoms with Crippen molar-refractivity contribution >= 4 is 28.7 Å². The quantitative estimate of drug-likeness (QED) is 0.475. The van der Waals surface area contributed by atoms with Crippen LogP contribution in [-0.4, -0.2) is 23.6 Å². The number of pyridine rings is 1. The number of hydrogen-bond acceptors (Lipinski definition) is 5. The summed E-state index contributed by atoms with van der Waals surface area (Å²) in [5.41, 5.74) is 2.47. The molecule has 132 valence electrons. The van der Waals surface area contributed by atoms with Gasteiger partial charge in [0.2, 0.25) is 0 Å². The number of methoxy groups -OCH3 is 1. The largest absolute Gasteiger partial charge is 0.497 e. The zero-order valence-electron chi connectivity index (χ0n) is 14.5. The zero-order valence-corrected chi connectivity index (χ0v) is 14.5. The van der Waals surface area contributed by atoms with Gasteiger partial charge in [0, 0.05) is 23.6 Å². The first-order valence-corrected chi connectivity index (χ1v) is 8.15. The van der Waals surface area contributed by atoms with E-state index < -0.39 is 4.92 Å². The molecule has 0 amide bonds. The summed E-state index contributed by atoms with van der Waals surface area (Å²) in [4.78, 5) is 14.9. The molecular weight excluding hydrogens is 332 g/mol. The van der Waals surface area contributed by atoms with E-state index in [0.29, 0.717) is 6.61 Å². The molecule has 0 aliphatic carbocycles. The number of hydrogen-bond donors (Lipinski definition) is 0. The number of rotatable bonds is 6. The number of aromatic nitrogens is 1. The fourth-order valence-corrected chi connectivity index (χ4v) is 2.57. The van der Waals surface area contributed by atoms with Gasteiger partial charge in [-0.3, -0.25) is 10.1 Å². The first kappa shape index (κ1) is 17.4. The molecule has 26 heavy (non-hydrogen) atoms. The molecule has 0 radical (unpaired) electrons. The molecular formula is C20H18N2O4. The maximum Gasteiger partial charge on any atom is 0.269 e. The van der Waals surface area contributed by atoms with Gasteiger partial charge < -0.3 is 9.47 Å². The number of ether oxygens (including phenoxy) is 2. The Hall–Kier alpha value is -3.41. The standard InChI is InChI=1S/C20H18N2O4/c1-3-26-20-12-15(21-19-11-10-17(25-2)13-18(19)20)7-4-14-5-8-16(9-6-14)22(23)24/h4-13H,3H2,1-2H3/b7-4+. The van der Waals surface area contributed by atoms with Crippen LogP contribution in [-0.2, 0) is 0 Å². The molecule has 0 N–H and O–H groups in total. The zero-order chi connectivity index (χ0) is 18.5. The Morgan fingerprint density at radius 2 is 1.88 bits per heavy atom. The first-order valence-electron chi connectivity index (χ1n) is 8.15. The van der Waals surface area contributed by atoms with E-state index in [-0.39, 0.29) is 5.69 Å². The fourth-order valence-electron chi connectivity index (χ4n) is 2.57. The molecule has 1 heterocycles. The molecule has 0 saturated heterocycles. The van der Waals surface area contributed by atoms with E-state index in [9.17, 15) is 10.1 Å². The van der Waals surface area contributed by atoms with E-state index in [1.165, 1.54) is 12.1 Å². The van der Waals surface area contributed by atoms with Crippen LogP contribution in [0.4, 0.5) is 5.69 Å². The van der Waals surface area contributed by atoms with Crippen LogP contribution in [0, 0.1) is 10.1 Å². The van der Waals surface area contributed by atoms with E-state index in [2.05, 4.69) is 4.98 Å². The average molecular weight is 350 g/mol. The highest BCUT2D eigenvalue weighted by Gasteiger charge is 2.07. The van der Waals surface area contributed by atoms with Gasteiger partial charge in [-0.05, 0) is 48.9 Å². The van der Waals surface area contributed by atoms with Crippen LogP contribution in [0.2, 0.25) is 0 Å². The van der Waals surface area contributed by atoms with Crippen molar-refractivity contribution in [3.8, 4) is 11.5 Å². The maximum absolute atomic E-state index is 10.7. The highest BCUT2D eigenvalue weighted by Crippen LogP contribution is 2.29. The van der Waals surface area contributed by atoms with Gasteiger partial charge in [0.1, 0.15) is 11.5 Å². The van der Waals surface area contributed by atoms with Crippen LogP contribution >= 0.6 is 0 Å². The Bertz CT molecular complexity index is 965. The van der Waals surface area contributed by atoms with E-state index in [1.807, 2.05) is 43.3 Å². The van der Waals surface area contributed by atoms with Crippen LogP contribution in [0.3, 0.4) is 0 Å². The van der Waals surface area contributed by atoms with Crippen molar-refractivity contribution in [3.05, 3.63) is 69.9 Å². The molecule has 1 aromatic heterocycles. The molecule has 0 aliphatic heterocycles. The van der Waals surface area contributed by atoms with Crippen LogP contribution < -0.4 is 9.47 Å². The van der Waals surface area contributed by atoms with Crippen molar-refractivity contribution in [3.63, 3.8) is 0 Å². The second-order valence-corrected chi connectivity index (χ2v) is 5.54. The number of non-ortho nitro benzene ring substituents is 1. The molecule has 0 bridgehead atoms. The van der Waals surface area contributed by atoms with E-state index in [4.69, 9.17) is 9.47 Å². The summed E-state index contributed by atoms with van der Waals surface area (Å²) < 4.78 is 11.0. The highest BCUT2D eigenvalue weighted by molar-refractivity contribution is 5.88. The molecule has 3 aromatic rings. The molecule has 0 fully saturated rings. The van der Waals surface area contributed by atoms with E-state index >= 15 is 0 Å². The summed E-state index contributed by atoms with van der Waals surface area (Å²) in [6.45, 7) is 2.47. The summed E-state index contributed by atoms with van der Waals surface area (Å²) in [7, 11) is 1.62. The van der Waals surface area contributed by atoms with Gasteiger partial charge in [-0.25, -0.2) is 4.98 Å². The van der Waals surface area contributed by atoms with Crippen molar-refractivity contribution in [2.75, 3.05) is 13.7 Å². The summed E-state index contributed by atoms with van der Waals surface area (Å²) in [6, 6.07) is 13.9. The molecule has 6 heteroatoms. The molecule has 3 rings (SSSR count). The molecule has 6 nitrogen and oxygen atoms in total. The first-order chi connectivity index (χ1) is 12.6. The summed E-state index contributed by atoms with van der Waals surface area (Å²) >= 11 is 0. The Kier molecular flexibility index (Phi) is 5.12. The predicted molar refractivity (Wildman–Crippen MR) is 101 cm³/mol. The normalized spacial score (nSPS) is 11.0. The Morgan fingerprint density at radius 1 is 1.12 bits per heavy atom. The molecule has 0 aliphatic rings. The van der Waals surface area contributed by atoms with Crippen molar-refractivity contribution in [1.82, 2.24) is 4.98 Å². The monoisotopic (exact) mass is 350 g/mol. The number of nitro benzene ring substituents is 1. The number of fused-ring (bicyclic) bond motifs is 1. The third-order valence-corrected chi connectivity index (χ3v) is 3.85. The van der Waals surface area contributed by atoms with Crippen LogP contribution in [0.25, 0.3) is 23.1 Å². The van der Waals surface area contributed by atoms with Crippen molar-refractivity contribution < 1.29 is 14.4 Å². The molecule has 0 atom stereocenters. The lowest BCUT2D eigenvalue weighted by Crippen LogP contribution is -1.95. The highest BCUT2D eigenvalue weighted by atomic mass is 16.6. The van der Waals surface area contributed by atoms with E-state index in [0.717, 1.165) is 33.7 Å². The van der Waals surface area contributed by atoms with Gasteiger partial charge in [-0.15, -0.1) is 0 Å². The van der Waals surface area contributed by atoms with Crippen LogP contribution in [0.5, 0.6) is 11.5 Å². The van der Waals surface area contributed by atoms with Gasteiger partial charge in [0.05, 0.1) is 29.9 Å². The summed E-state index contributed by atoms with van der Waals surface area (Å²) in [6.07, 6.45) is 3.71. The van der Waals surface area contributed by atoms with Gasteiger partial charge in [-0.2, -0.15) is 0 Å². The SMILES string of the molecule is CCOc1cc(/C=C/c2ccc([N+](=O)[O-])cc2)nc2ccc(OC)cc12. The van der Waals surface area contributed by atoms with Gasteiger partial charge in [-0.1, -0.05) is 6.08 Å². The van der Waals surface area contributed by atoms with Gasteiger partial charge in [0.15, 0.2) is 0 Å². The number of benzene rings is 2. The minimum absolute atomic E-state index is 0.0681. The second kappa shape index (κ2) is 7.65. The Morgan fingerprint density at radius 3 is 2.54 bits per heavy atom. The van der Waals surface area contributed by atoms with Crippen molar-refractivity contribution in [2.24, 2.45) is 0 Å². The lowest BCUT2D eigenvalue weighted by atomic mass is 10.1. The topological polar surface area (TPSA) is 74.5 Å². The summed E-state index contributed by atoms with van der Waals surface area (Å²) in [5.74, 6) is 1.48. The van der Waals surface area contributed by atoms with Crippen molar-refractivity contribution in [2.45, 2.75) is 6.92 Å². The molecule has 0 saturated carbocycles. The molecule has 0 spiro atoms. The van der Waals surface area contributed by atoms with Crippen LogP contribution in [0.15, 0.2) is 48.5 Å². The minimum atomic E-state index is -0.416. The minimum Gasteiger partial charge on any atom is -0.497 e. The summed E-state index contributed by atoms with van der Waals surface area (Å²) in [5, 5.41) is 11.6. The second-order valence-electron chi connectivity index (χ2n) is 5.54. The number of nitro groups is 1. The third-order valence-electron chi connectivity index (χ3n) is 3.85. The van der Waals surface area contributed by atoms with Gasteiger partial charge >= 0.3 is 0 Å². The lowest BCUT2D eigenvalue weighted by Gasteiger charge is -2.10. The third kappa shape index (κ3) is 3.80. The van der Waals surface area contributed by atoms with E-state index in [1.54, 1.807) is 19.2 Å². The Labute approximate surface area is 150 Å².